The van der Waals surface area contributed by atoms with Crippen molar-refractivity contribution >= 4 is 23.7 Å². The van der Waals surface area contributed by atoms with Gasteiger partial charge >= 0.3 is 18.0 Å². The highest BCUT2D eigenvalue weighted by Gasteiger charge is 2.30. The number of hydrogen-bond donors (Lipinski definition) is 2. The SMILES string of the molecule is COC(=O)c1ccc(NC(=O)N2CCC(C(=O)O)C2)cc1F. The average molecular weight is 310 g/mol. The Morgan fingerprint density at radius 1 is 1.41 bits per heavy atom. The molecule has 1 atom stereocenters. The maximum Gasteiger partial charge on any atom is 0.340 e. The summed E-state index contributed by atoms with van der Waals surface area (Å²) in [5, 5.41) is 11.4. The maximum atomic E-state index is 13.7. The molecule has 1 fully saturated rings. The van der Waals surface area contributed by atoms with Crippen molar-refractivity contribution in [1.82, 2.24) is 4.90 Å². The molecular formula is C14H15FN2O5. The summed E-state index contributed by atoms with van der Waals surface area (Å²) >= 11 is 0. The number of anilines is 1. The van der Waals surface area contributed by atoms with Crippen LogP contribution in [0, 0.1) is 11.7 Å². The van der Waals surface area contributed by atoms with Crippen LogP contribution in [0.25, 0.3) is 0 Å². The van der Waals surface area contributed by atoms with Crippen LogP contribution in [0.1, 0.15) is 16.8 Å². The summed E-state index contributed by atoms with van der Waals surface area (Å²) in [6.45, 7) is 0.440. The number of carboxylic acid groups (broad SMARTS) is 1. The first-order chi connectivity index (χ1) is 10.4. The van der Waals surface area contributed by atoms with Crippen LogP contribution in [0.4, 0.5) is 14.9 Å². The van der Waals surface area contributed by atoms with Gasteiger partial charge in [0.1, 0.15) is 5.82 Å². The molecule has 1 saturated heterocycles. The molecule has 0 radical (unpaired) electrons. The molecule has 1 aliphatic rings. The number of benzene rings is 1. The summed E-state index contributed by atoms with van der Waals surface area (Å²) in [6, 6.07) is 3.09. The Balaban J connectivity index is 2.02. The van der Waals surface area contributed by atoms with E-state index in [4.69, 9.17) is 5.11 Å². The Hall–Kier alpha value is -2.64. The van der Waals surface area contributed by atoms with Crippen LogP contribution in [-0.2, 0) is 9.53 Å². The Kier molecular flexibility index (Phi) is 4.59. The van der Waals surface area contributed by atoms with Crippen molar-refractivity contribution < 1.29 is 28.6 Å². The number of nitrogens with zero attached hydrogens (tertiary/aromatic N) is 1. The van der Waals surface area contributed by atoms with E-state index in [-0.39, 0.29) is 17.8 Å². The predicted molar refractivity (Wildman–Crippen MR) is 74.1 cm³/mol. The van der Waals surface area contributed by atoms with E-state index in [9.17, 15) is 18.8 Å². The number of esters is 1. The molecule has 0 saturated carbocycles. The van der Waals surface area contributed by atoms with E-state index < -0.39 is 29.7 Å². The molecule has 7 nitrogen and oxygen atoms in total. The summed E-state index contributed by atoms with van der Waals surface area (Å²) in [4.78, 5) is 35.4. The van der Waals surface area contributed by atoms with Gasteiger partial charge in [-0.15, -0.1) is 0 Å². The zero-order valence-corrected chi connectivity index (χ0v) is 11.8. The number of rotatable bonds is 3. The highest BCUT2D eigenvalue weighted by Crippen LogP contribution is 2.19. The molecule has 1 aromatic carbocycles. The minimum atomic E-state index is -0.941. The smallest absolute Gasteiger partial charge is 0.340 e. The number of aliphatic carboxylic acids is 1. The Bertz CT molecular complexity index is 619. The van der Waals surface area contributed by atoms with Gasteiger partial charge in [0.15, 0.2) is 0 Å². The molecule has 1 unspecified atom stereocenters. The lowest BCUT2D eigenvalue weighted by molar-refractivity contribution is -0.141. The van der Waals surface area contributed by atoms with Crippen LogP contribution in [0.15, 0.2) is 18.2 Å². The molecule has 0 bridgehead atoms. The minimum Gasteiger partial charge on any atom is -0.481 e. The van der Waals surface area contributed by atoms with Crippen LogP contribution >= 0.6 is 0 Å². The second kappa shape index (κ2) is 6.42. The van der Waals surface area contributed by atoms with Gasteiger partial charge in [-0.3, -0.25) is 4.79 Å². The zero-order valence-electron chi connectivity index (χ0n) is 11.8. The quantitative estimate of drug-likeness (QED) is 0.826. The highest BCUT2D eigenvalue weighted by molar-refractivity contribution is 5.93. The third kappa shape index (κ3) is 3.33. The normalized spacial score (nSPS) is 17.2. The number of nitrogens with one attached hydrogen (secondary N) is 1. The first-order valence-corrected chi connectivity index (χ1v) is 6.59. The van der Waals surface area contributed by atoms with Crippen molar-refractivity contribution in [2.45, 2.75) is 6.42 Å². The van der Waals surface area contributed by atoms with Crippen LogP contribution in [0.5, 0.6) is 0 Å². The number of carbonyl (C=O) groups excluding carboxylic acids is 2. The third-order valence-corrected chi connectivity index (χ3v) is 3.45. The van der Waals surface area contributed by atoms with E-state index in [1.807, 2.05) is 0 Å². The number of methoxy groups -OCH3 is 1. The monoisotopic (exact) mass is 310 g/mol. The number of carboxylic acids is 1. The molecule has 22 heavy (non-hydrogen) atoms. The Labute approximate surface area is 125 Å². The Morgan fingerprint density at radius 3 is 2.68 bits per heavy atom. The molecular weight excluding hydrogens is 295 g/mol. The van der Waals surface area contributed by atoms with Gasteiger partial charge in [-0.1, -0.05) is 0 Å². The fraction of sp³-hybridized carbons (Fsp3) is 0.357. The Morgan fingerprint density at radius 2 is 2.14 bits per heavy atom. The van der Waals surface area contributed by atoms with E-state index in [0.717, 1.165) is 13.2 Å². The van der Waals surface area contributed by atoms with Crippen molar-refractivity contribution in [2.75, 3.05) is 25.5 Å². The second-order valence-electron chi connectivity index (χ2n) is 4.89. The summed E-state index contributed by atoms with van der Waals surface area (Å²) in [5.74, 6) is -3.14. The number of amides is 2. The van der Waals surface area contributed by atoms with Gasteiger partial charge in [0.2, 0.25) is 0 Å². The largest absolute Gasteiger partial charge is 0.481 e. The van der Waals surface area contributed by atoms with Gasteiger partial charge in [0.05, 0.1) is 18.6 Å². The van der Waals surface area contributed by atoms with Crippen molar-refractivity contribution in [1.29, 1.82) is 0 Å². The minimum absolute atomic E-state index is 0.115. The van der Waals surface area contributed by atoms with Gasteiger partial charge in [0.25, 0.3) is 0 Å². The van der Waals surface area contributed by atoms with E-state index in [1.165, 1.54) is 17.0 Å². The fourth-order valence-electron chi connectivity index (χ4n) is 2.22. The van der Waals surface area contributed by atoms with Crippen LogP contribution in [-0.4, -0.2) is 48.2 Å². The summed E-state index contributed by atoms with van der Waals surface area (Å²) in [5.41, 5.74) is -0.0541. The van der Waals surface area contributed by atoms with Gasteiger partial charge in [0, 0.05) is 18.8 Å². The topological polar surface area (TPSA) is 95.9 Å². The van der Waals surface area contributed by atoms with Crippen molar-refractivity contribution in [3.63, 3.8) is 0 Å². The van der Waals surface area contributed by atoms with Crippen molar-refractivity contribution in [3.05, 3.63) is 29.6 Å². The lowest BCUT2D eigenvalue weighted by atomic mass is 10.1. The summed E-state index contributed by atoms with van der Waals surface area (Å²) < 4.78 is 18.2. The molecule has 1 heterocycles. The number of likely N-dealkylation sites (tertiary alicyclic amines) is 1. The maximum absolute atomic E-state index is 13.7. The van der Waals surface area contributed by atoms with E-state index in [0.29, 0.717) is 13.0 Å². The standard InChI is InChI=1S/C14H15FN2O5/c1-22-13(20)10-3-2-9(6-11(10)15)16-14(21)17-5-4-8(7-17)12(18)19/h2-3,6,8H,4-5,7H2,1H3,(H,16,21)(H,18,19). The molecule has 2 N–H and O–H groups in total. The number of carbonyl (C=O) groups is 3. The number of halogens is 1. The molecule has 8 heteroatoms. The van der Waals surface area contributed by atoms with Gasteiger partial charge in [-0.25, -0.2) is 14.0 Å². The number of urea groups is 1. The molecule has 1 aliphatic heterocycles. The molecule has 2 amide bonds. The van der Waals surface area contributed by atoms with Gasteiger partial charge < -0.3 is 20.1 Å². The molecule has 0 aromatic heterocycles. The third-order valence-electron chi connectivity index (χ3n) is 3.45. The number of ether oxygens (including phenoxy) is 1. The average Bonchev–Trinajstić information content (AvgIpc) is 2.97. The van der Waals surface area contributed by atoms with Gasteiger partial charge in [-0.05, 0) is 24.6 Å². The lowest BCUT2D eigenvalue weighted by Crippen LogP contribution is -2.33. The second-order valence-corrected chi connectivity index (χ2v) is 4.89. The van der Waals surface area contributed by atoms with Crippen LogP contribution in [0.2, 0.25) is 0 Å². The molecule has 0 spiro atoms. The zero-order chi connectivity index (χ0) is 16.3. The van der Waals surface area contributed by atoms with Crippen molar-refractivity contribution in [3.8, 4) is 0 Å². The van der Waals surface area contributed by atoms with Crippen LogP contribution in [0.3, 0.4) is 0 Å². The molecule has 118 valence electrons. The lowest BCUT2D eigenvalue weighted by Gasteiger charge is -2.17. The molecule has 0 aliphatic carbocycles. The fourth-order valence-corrected chi connectivity index (χ4v) is 2.22. The van der Waals surface area contributed by atoms with E-state index >= 15 is 0 Å². The molecule has 1 aromatic rings. The van der Waals surface area contributed by atoms with E-state index in [1.54, 1.807) is 0 Å². The first kappa shape index (κ1) is 15.7. The molecule has 2 rings (SSSR count). The van der Waals surface area contributed by atoms with Crippen molar-refractivity contribution in [2.24, 2.45) is 5.92 Å². The summed E-state index contributed by atoms with van der Waals surface area (Å²) in [6.07, 6.45) is 0.387. The van der Waals surface area contributed by atoms with E-state index in [2.05, 4.69) is 10.1 Å². The first-order valence-electron chi connectivity index (χ1n) is 6.59. The van der Waals surface area contributed by atoms with Gasteiger partial charge in [-0.2, -0.15) is 0 Å². The van der Waals surface area contributed by atoms with Crippen LogP contribution < -0.4 is 5.32 Å². The predicted octanol–water partition coefficient (Wildman–Crippen LogP) is 1.55. The highest BCUT2D eigenvalue weighted by atomic mass is 19.1. The number of hydrogen-bond acceptors (Lipinski definition) is 4. The summed E-state index contributed by atoms with van der Waals surface area (Å²) in [7, 11) is 1.14.